The third kappa shape index (κ3) is 2.81. The lowest BCUT2D eigenvalue weighted by Gasteiger charge is -2.29. The first-order chi connectivity index (χ1) is 5.42. The van der Waals surface area contributed by atoms with E-state index in [1.807, 2.05) is 39.8 Å². The Hall–Kier alpha value is -0.570. The highest BCUT2D eigenvalue weighted by atomic mass is 16.5. The average molecular weight is 173 g/mol. The maximum Gasteiger partial charge on any atom is 0.325 e. The Morgan fingerprint density at radius 3 is 2.25 bits per heavy atom. The molecule has 0 spiro atoms. The van der Waals surface area contributed by atoms with Gasteiger partial charge in [-0.05, 0) is 34.4 Å². The minimum Gasteiger partial charge on any atom is -0.464 e. The van der Waals surface area contributed by atoms with Crippen LogP contribution < -0.4 is 0 Å². The molecule has 72 valence electrons. The minimum absolute atomic E-state index is 0.158. The van der Waals surface area contributed by atoms with Crippen LogP contribution in [-0.2, 0) is 9.53 Å². The van der Waals surface area contributed by atoms with E-state index in [4.69, 9.17) is 4.74 Å². The molecular weight excluding hydrogens is 154 g/mol. The zero-order valence-electron chi connectivity index (χ0n) is 8.68. The van der Waals surface area contributed by atoms with Gasteiger partial charge >= 0.3 is 5.97 Å². The molecule has 0 aromatic carbocycles. The van der Waals surface area contributed by atoms with Gasteiger partial charge in [0.05, 0.1) is 6.61 Å². The molecule has 0 fully saturated rings. The number of rotatable bonds is 4. The van der Waals surface area contributed by atoms with Crippen molar-refractivity contribution in [1.29, 1.82) is 0 Å². The molecule has 0 radical (unpaired) electrons. The summed E-state index contributed by atoms with van der Waals surface area (Å²) >= 11 is 0. The summed E-state index contributed by atoms with van der Waals surface area (Å²) in [6, 6.07) is 0. The van der Waals surface area contributed by atoms with Gasteiger partial charge in [-0.3, -0.25) is 9.69 Å². The molecule has 3 nitrogen and oxygen atoms in total. The molecular formula is C9H19NO2. The van der Waals surface area contributed by atoms with E-state index < -0.39 is 5.54 Å². The molecule has 0 bridgehead atoms. The van der Waals surface area contributed by atoms with E-state index in [2.05, 4.69) is 0 Å². The molecule has 12 heavy (non-hydrogen) atoms. The fraction of sp³-hybridized carbons (Fsp3) is 0.889. The van der Waals surface area contributed by atoms with Crippen LogP contribution in [0.25, 0.3) is 0 Å². The fourth-order valence-electron chi connectivity index (χ4n) is 0.554. The average Bonchev–Trinajstić information content (AvgIpc) is 1.99. The normalized spacial score (nSPS) is 11.8. The Balaban J connectivity index is 4.07. The topological polar surface area (TPSA) is 29.5 Å². The maximum absolute atomic E-state index is 11.4. The van der Waals surface area contributed by atoms with Crippen molar-refractivity contribution < 1.29 is 9.53 Å². The summed E-state index contributed by atoms with van der Waals surface area (Å²) in [5, 5.41) is 0. The monoisotopic (exact) mass is 173 g/mol. The third-order valence-corrected chi connectivity index (χ3v) is 2.05. The summed E-state index contributed by atoms with van der Waals surface area (Å²) in [7, 11) is 3.74. The second-order valence-corrected chi connectivity index (χ2v) is 3.59. The first kappa shape index (κ1) is 11.4. The van der Waals surface area contributed by atoms with Crippen LogP contribution in [-0.4, -0.2) is 37.1 Å². The molecule has 0 aliphatic heterocycles. The van der Waals surface area contributed by atoms with Crippen molar-refractivity contribution >= 4 is 5.97 Å². The number of carbonyl (C=O) groups excluding carboxylic acids is 1. The van der Waals surface area contributed by atoms with E-state index in [0.29, 0.717) is 6.61 Å². The van der Waals surface area contributed by atoms with Crippen molar-refractivity contribution in [2.75, 3.05) is 20.7 Å². The molecule has 0 aromatic heterocycles. The number of hydrogen-bond acceptors (Lipinski definition) is 3. The summed E-state index contributed by atoms with van der Waals surface area (Å²) < 4.78 is 5.04. The third-order valence-electron chi connectivity index (χ3n) is 2.05. The van der Waals surface area contributed by atoms with Gasteiger partial charge in [0, 0.05) is 0 Å². The zero-order valence-corrected chi connectivity index (χ0v) is 8.68. The predicted molar refractivity (Wildman–Crippen MR) is 49.0 cm³/mol. The quantitative estimate of drug-likeness (QED) is 0.600. The van der Waals surface area contributed by atoms with Gasteiger partial charge in [-0.15, -0.1) is 0 Å². The van der Waals surface area contributed by atoms with Crippen LogP contribution in [0.3, 0.4) is 0 Å². The van der Waals surface area contributed by atoms with E-state index in [1.54, 1.807) is 0 Å². The Morgan fingerprint density at radius 2 is 1.92 bits per heavy atom. The molecule has 0 heterocycles. The van der Waals surface area contributed by atoms with Crippen molar-refractivity contribution in [3.05, 3.63) is 0 Å². The van der Waals surface area contributed by atoms with Gasteiger partial charge in [0.25, 0.3) is 0 Å². The second kappa shape index (κ2) is 4.45. The molecule has 0 saturated heterocycles. The molecule has 0 N–H and O–H groups in total. The number of likely N-dealkylation sites (N-methyl/N-ethyl adjacent to an activating group) is 1. The second-order valence-electron chi connectivity index (χ2n) is 3.59. The Kier molecular flexibility index (Phi) is 4.24. The van der Waals surface area contributed by atoms with E-state index in [0.717, 1.165) is 6.42 Å². The Morgan fingerprint density at radius 1 is 1.42 bits per heavy atom. The van der Waals surface area contributed by atoms with Crippen LogP contribution >= 0.6 is 0 Å². The van der Waals surface area contributed by atoms with Crippen LogP contribution in [0, 0.1) is 0 Å². The molecule has 0 unspecified atom stereocenters. The van der Waals surface area contributed by atoms with Crippen LogP contribution in [0.5, 0.6) is 0 Å². The fourth-order valence-corrected chi connectivity index (χ4v) is 0.554. The first-order valence-electron chi connectivity index (χ1n) is 4.27. The number of esters is 1. The van der Waals surface area contributed by atoms with Gasteiger partial charge in [0.1, 0.15) is 5.54 Å². The number of hydrogen-bond donors (Lipinski definition) is 0. The molecule has 0 atom stereocenters. The lowest BCUT2D eigenvalue weighted by Crippen LogP contribution is -2.46. The molecule has 0 rings (SSSR count). The largest absolute Gasteiger partial charge is 0.464 e. The molecule has 0 aliphatic rings. The van der Waals surface area contributed by atoms with Crippen molar-refractivity contribution in [2.45, 2.75) is 32.7 Å². The smallest absolute Gasteiger partial charge is 0.325 e. The highest BCUT2D eigenvalue weighted by Gasteiger charge is 2.31. The van der Waals surface area contributed by atoms with Crippen molar-refractivity contribution in [2.24, 2.45) is 0 Å². The SMILES string of the molecule is CCCOC(=O)C(C)(C)N(C)C. The maximum atomic E-state index is 11.4. The van der Waals surface area contributed by atoms with Crippen molar-refractivity contribution in [1.82, 2.24) is 4.90 Å². The van der Waals surface area contributed by atoms with Crippen LogP contribution in [0.15, 0.2) is 0 Å². The molecule has 0 aromatic rings. The van der Waals surface area contributed by atoms with E-state index >= 15 is 0 Å². The number of carbonyl (C=O) groups is 1. The van der Waals surface area contributed by atoms with Crippen molar-refractivity contribution in [3.8, 4) is 0 Å². The standard InChI is InChI=1S/C9H19NO2/c1-6-7-12-8(11)9(2,3)10(4)5/h6-7H2,1-5H3. The van der Waals surface area contributed by atoms with Crippen molar-refractivity contribution in [3.63, 3.8) is 0 Å². The highest BCUT2D eigenvalue weighted by Crippen LogP contribution is 2.11. The lowest BCUT2D eigenvalue weighted by atomic mass is 10.1. The van der Waals surface area contributed by atoms with E-state index in [9.17, 15) is 4.79 Å². The molecule has 0 aliphatic carbocycles. The van der Waals surface area contributed by atoms with Gasteiger partial charge < -0.3 is 4.74 Å². The van der Waals surface area contributed by atoms with E-state index in [1.165, 1.54) is 0 Å². The Bertz CT molecular complexity index is 153. The van der Waals surface area contributed by atoms with Gasteiger partial charge in [-0.25, -0.2) is 0 Å². The van der Waals surface area contributed by atoms with Gasteiger partial charge in [-0.1, -0.05) is 6.92 Å². The first-order valence-corrected chi connectivity index (χ1v) is 4.27. The van der Waals surface area contributed by atoms with Crippen LogP contribution in [0.4, 0.5) is 0 Å². The minimum atomic E-state index is -0.519. The summed E-state index contributed by atoms with van der Waals surface area (Å²) in [6.07, 6.45) is 0.870. The van der Waals surface area contributed by atoms with Crippen LogP contribution in [0.1, 0.15) is 27.2 Å². The van der Waals surface area contributed by atoms with Gasteiger partial charge in [-0.2, -0.15) is 0 Å². The highest BCUT2D eigenvalue weighted by molar-refractivity contribution is 5.79. The zero-order chi connectivity index (χ0) is 9.78. The van der Waals surface area contributed by atoms with Gasteiger partial charge in [0.15, 0.2) is 0 Å². The summed E-state index contributed by atoms with van der Waals surface area (Å²) in [5.74, 6) is -0.158. The molecule has 3 heteroatoms. The Labute approximate surface area is 74.7 Å². The molecule has 0 amide bonds. The summed E-state index contributed by atoms with van der Waals surface area (Å²) in [6.45, 7) is 6.20. The summed E-state index contributed by atoms with van der Waals surface area (Å²) in [4.78, 5) is 13.3. The lowest BCUT2D eigenvalue weighted by molar-refractivity contribution is -0.154. The van der Waals surface area contributed by atoms with Gasteiger partial charge in [0.2, 0.25) is 0 Å². The molecule has 0 saturated carbocycles. The van der Waals surface area contributed by atoms with Crippen LogP contribution in [0.2, 0.25) is 0 Å². The number of ether oxygens (including phenoxy) is 1. The number of nitrogens with zero attached hydrogens (tertiary/aromatic N) is 1. The predicted octanol–water partition coefficient (Wildman–Crippen LogP) is 1.28. The summed E-state index contributed by atoms with van der Waals surface area (Å²) in [5.41, 5.74) is -0.519. The van der Waals surface area contributed by atoms with E-state index in [-0.39, 0.29) is 5.97 Å².